The van der Waals surface area contributed by atoms with Gasteiger partial charge in [-0.15, -0.1) is 0 Å². The van der Waals surface area contributed by atoms with E-state index in [2.05, 4.69) is 34.2 Å². The van der Waals surface area contributed by atoms with E-state index in [1.165, 1.54) is 17.7 Å². The van der Waals surface area contributed by atoms with Crippen LogP contribution in [0.5, 0.6) is 5.75 Å². The van der Waals surface area contributed by atoms with Crippen molar-refractivity contribution in [3.8, 4) is 17.6 Å². The van der Waals surface area contributed by atoms with Crippen LogP contribution in [0.15, 0.2) is 72.8 Å². The summed E-state index contributed by atoms with van der Waals surface area (Å²) in [5.74, 6) is 7.14. The van der Waals surface area contributed by atoms with Gasteiger partial charge in [0.15, 0.2) is 0 Å². The van der Waals surface area contributed by atoms with E-state index in [1.807, 2.05) is 41.3 Å². The van der Waals surface area contributed by atoms with Gasteiger partial charge in [-0.25, -0.2) is 9.18 Å². The molecule has 0 aromatic heterocycles. The molecule has 2 saturated heterocycles. The Hall–Kier alpha value is -3.82. The van der Waals surface area contributed by atoms with Gasteiger partial charge in [-0.3, -0.25) is 4.90 Å². The molecule has 2 heterocycles. The Morgan fingerprint density at radius 2 is 1.53 bits per heavy atom. The van der Waals surface area contributed by atoms with E-state index >= 15 is 0 Å². The van der Waals surface area contributed by atoms with E-state index in [0.717, 1.165) is 55.0 Å². The van der Waals surface area contributed by atoms with Crippen LogP contribution < -0.4 is 10.1 Å². The third-order valence-electron chi connectivity index (χ3n) is 7.06. The second-order valence-electron chi connectivity index (χ2n) is 9.36. The highest BCUT2D eigenvalue weighted by atomic mass is 19.1. The molecule has 6 heteroatoms. The zero-order valence-corrected chi connectivity index (χ0v) is 20.4. The first-order valence-electron chi connectivity index (χ1n) is 12.4. The number of methoxy groups -OCH3 is 1. The van der Waals surface area contributed by atoms with E-state index in [4.69, 9.17) is 4.74 Å². The first kappa shape index (κ1) is 23.9. The van der Waals surface area contributed by atoms with Crippen LogP contribution in [-0.4, -0.2) is 55.2 Å². The summed E-state index contributed by atoms with van der Waals surface area (Å²) in [6.07, 6.45) is 2.10. The van der Waals surface area contributed by atoms with E-state index in [0.29, 0.717) is 18.5 Å². The molecule has 184 valence electrons. The maximum absolute atomic E-state index is 13.1. The number of rotatable bonds is 3. The number of ether oxygens (including phenoxy) is 1. The summed E-state index contributed by atoms with van der Waals surface area (Å²) in [5.41, 5.74) is 3.76. The molecule has 1 N–H and O–H groups in total. The lowest BCUT2D eigenvalue weighted by Gasteiger charge is -2.51. The zero-order valence-electron chi connectivity index (χ0n) is 20.4. The molecule has 0 spiro atoms. The van der Waals surface area contributed by atoms with E-state index in [9.17, 15) is 9.18 Å². The summed E-state index contributed by atoms with van der Waals surface area (Å²) in [6, 6.07) is 22.3. The number of hydrogen-bond donors (Lipinski definition) is 1. The molecule has 3 aromatic carbocycles. The smallest absolute Gasteiger partial charge is 0.321 e. The molecule has 36 heavy (non-hydrogen) atoms. The standard InChI is InChI=1S/C30H30FN3O2/c1-36-27-16-14-26(15-17-27)32-30(35)34-19-3-2-18-33-20-28(29(33)21-34)24-10-6-22(7-11-24)4-5-23-8-12-25(31)13-9-23/h6-17,28-29H,2-3,18-21H2,1H3,(H,32,35)/t28-,29+/m1/s1. The summed E-state index contributed by atoms with van der Waals surface area (Å²) in [4.78, 5) is 17.5. The van der Waals surface area contributed by atoms with Crippen LogP contribution in [0.4, 0.5) is 14.9 Å². The summed E-state index contributed by atoms with van der Waals surface area (Å²) >= 11 is 0. The molecule has 2 amide bonds. The van der Waals surface area contributed by atoms with Crippen LogP contribution in [0.1, 0.15) is 35.4 Å². The summed E-state index contributed by atoms with van der Waals surface area (Å²) in [5, 5.41) is 3.04. The Labute approximate surface area is 211 Å². The fourth-order valence-electron chi connectivity index (χ4n) is 4.94. The van der Waals surface area contributed by atoms with Crippen LogP contribution in [-0.2, 0) is 0 Å². The van der Waals surface area contributed by atoms with Crippen molar-refractivity contribution in [2.24, 2.45) is 0 Å². The summed E-state index contributed by atoms with van der Waals surface area (Å²) in [7, 11) is 1.63. The van der Waals surface area contributed by atoms with Crippen molar-refractivity contribution in [1.29, 1.82) is 0 Å². The van der Waals surface area contributed by atoms with Gasteiger partial charge in [0.2, 0.25) is 0 Å². The number of fused-ring (bicyclic) bond motifs is 1. The second-order valence-corrected chi connectivity index (χ2v) is 9.36. The van der Waals surface area contributed by atoms with E-state index in [1.54, 1.807) is 19.2 Å². The molecule has 0 bridgehead atoms. The Bertz CT molecular complexity index is 1250. The topological polar surface area (TPSA) is 44.8 Å². The van der Waals surface area contributed by atoms with E-state index < -0.39 is 0 Å². The Balaban J connectivity index is 1.24. The summed E-state index contributed by atoms with van der Waals surface area (Å²) < 4.78 is 18.3. The Morgan fingerprint density at radius 3 is 2.19 bits per heavy atom. The third-order valence-corrected chi connectivity index (χ3v) is 7.06. The maximum atomic E-state index is 13.1. The monoisotopic (exact) mass is 483 g/mol. The van der Waals surface area contributed by atoms with Gasteiger partial charge in [-0.05, 0) is 85.6 Å². The fourth-order valence-corrected chi connectivity index (χ4v) is 4.94. The highest BCUT2D eigenvalue weighted by Gasteiger charge is 2.41. The highest BCUT2D eigenvalue weighted by Crippen LogP contribution is 2.36. The number of carbonyl (C=O) groups is 1. The minimum Gasteiger partial charge on any atom is -0.497 e. The van der Waals surface area contributed by atoms with E-state index in [-0.39, 0.29) is 11.8 Å². The zero-order chi connectivity index (χ0) is 24.9. The number of benzene rings is 3. The molecular weight excluding hydrogens is 453 g/mol. The molecule has 5 rings (SSSR count). The lowest BCUT2D eigenvalue weighted by Crippen LogP contribution is -2.61. The lowest BCUT2D eigenvalue weighted by molar-refractivity contribution is 0.0272. The van der Waals surface area contributed by atoms with Crippen molar-refractivity contribution >= 4 is 11.7 Å². The first-order valence-corrected chi connectivity index (χ1v) is 12.4. The number of amides is 2. The third kappa shape index (κ3) is 5.53. The minimum atomic E-state index is -0.259. The van der Waals surface area contributed by atoms with Gasteiger partial charge >= 0.3 is 6.03 Å². The number of nitrogens with one attached hydrogen (secondary N) is 1. The van der Waals surface area contributed by atoms with Crippen LogP contribution in [0.25, 0.3) is 0 Å². The van der Waals surface area contributed by atoms with Crippen molar-refractivity contribution in [2.45, 2.75) is 24.8 Å². The predicted molar refractivity (Wildman–Crippen MR) is 140 cm³/mol. The molecule has 3 aromatic rings. The number of urea groups is 1. The average molecular weight is 484 g/mol. The van der Waals surface area contributed by atoms with Crippen LogP contribution in [0.2, 0.25) is 0 Å². The van der Waals surface area contributed by atoms with Gasteiger partial charge in [-0.2, -0.15) is 0 Å². The fraction of sp³-hybridized carbons (Fsp3) is 0.300. The molecular formula is C30H30FN3O2. The second kappa shape index (κ2) is 10.8. The van der Waals surface area contributed by atoms with Crippen molar-refractivity contribution in [3.05, 3.63) is 95.3 Å². The first-order chi connectivity index (χ1) is 17.6. The van der Waals surface area contributed by atoms with Crippen molar-refractivity contribution in [1.82, 2.24) is 9.80 Å². The molecule has 0 unspecified atom stereocenters. The lowest BCUT2D eigenvalue weighted by atomic mass is 9.81. The number of anilines is 1. The van der Waals surface area contributed by atoms with Crippen molar-refractivity contribution in [3.63, 3.8) is 0 Å². The average Bonchev–Trinajstić information content (AvgIpc) is 2.89. The predicted octanol–water partition coefficient (Wildman–Crippen LogP) is 5.33. The van der Waals surface area contributed by atoms with Crippen LogP contribution in [0.3, 0.4) is 0 Å². The number of nitrogens with zero attached hydrogens (tertiary/aromatic N) is 2. The van der Waals surface area contributed by atoms with Crippen LogP contribution >= 0.6 is 0 Å². The number of hydrogen-bond acceptors (Lipinski definition) is 3. The largest absolute Gasteiger partial charge is 0.497 e. The molecule has 0 aliphatic carbocycles. The molecule has 2 aliphatic heterocycles. The molecule has 2 fully saturated rings. The van der Waals surface area contributed by atoms with Crippen molar-refractivity contribution in [2.75, 3.05) is 38.6 Å². The van der Waals surface area contributed by atoms with Crippen molar-refractivity contribution < 1.29 is 13.9 Å². The summed E-state index contributed by atoms with van der Waals surface area (Å²) in [6.45, 7) is 3.56. The number of halogens is 1. The van der Waals surface area contributed by atoms with Gasteiger partial charge in [0.05, 0.1) is 7.11 Å². The van der Waals surface area contributed by atoms with Gasteiger partial charge in [0, 0.05) is 48.4 Å². The quantitative estimate of drug-likeness (QED) is 0.512. The molecule has 2 atom stereocenters. The van der Waals surface area contributed by atoms with Gasteiger partial charge < -0.3 is 15.0 Å². The number of carbonyl (C=O) groups excluding carboxylic acids is 1. The Morgan fingerprint density at radius 1 is 0.889 bits per heavy atom. The highest BCUT2D eigenvalue weighted by molar-refractivity contribution is 5.89. The molecule has 0 saturated carbocycles. The van der Waals surface area contributed by atoms with Gasteiger partial charge in [0.1, 0.15) is 11.6 Å². The van der Waals surface area contributed by atoms with Gasteiger partial charge in [0.25, 0.3) is 0 Å². The normalized spacial score (nSPS) is 19.6. The van der Waals surface area contributed by atoms with Crippen LogP contribution in [0, 0.1) is 17.7 Å². The molecule has 0 radical (unpaired) electrons. The maximum Gasteiger partial charge on any atom is 0.321 e. The molecule has 5 nitrogen and oxygen atoms in total. The minimum absolute atomic E-state index is 0.0564. The SMILES string of the molecule is COc1ccc(NC(=O)N2CCCCN3C[C@H](c4ccc(C#Cc5ccc(F)cc5)cc4)[C@@H]3C2)cc1. The van der Waals surface area contributed by atoms with Gasteiger partial charge in [-0.1, -0.05) is 24.0 Å². The molecule has 2 aliphatic rings. The Kier molecular flexibility index (Phi) is 7.20.